The van der Waals surface area contributed by atoms with Gasteiger partial charge in [-0.15, -0.1) is 0 Å². The van der Waals surface area contributed by atoms with Gasteiger partial charge in [0, 0.05) is 17.3 Å². The van der Waals surface area contributed by atoms with Crippen molar-refractivity contribution in [3.05, 3.63) is 47.5 Å². The second kappa shape index (κ2) is 9.02. The number of rotatable bonds is 8. The van der Waals surface area contributed by atoms with Gasteiger partial charge in [0.05, 0.1) is 19.1 Å². The highest BCUT2D eigenvalue weighted by molar-refractivity contribution is 7.92. The number of sulfonamides is 2. The maximum absolute atomic E-state index is 12.7. The van der Waals surface area contributed by atoms with E-state index >= 15 is 0 Å². The maximum atomic E-state index is 12.7. The number of amides is 1. The summed E-state index contributed by atoms with van der Waals surface area (Å²) in [5.41, 5.74) is 1.45. The first-order valence-corrected chi connectivity index (χ1v) is 12.3. The molecule has 0 unspecified atom stereocenters. The quantitative estimate of drug-likeness (QED) is 0.560. The lowest BCUT2D eigenvalue weighted by atomic mass is 10.1. The smallest absolute Gasteiger partial charge is 0.255 e. The van der Waals surface area contributed by atoms with Crippen LogP contribution in [0.25, 0.3) is 0 Å². The monoisotopic (exact) mass is 455 g/mol. The number of anilines is 2. The molecule has 0 saturated heterocycles. The Kier molecular flexibility index (Phi) is 7.11. The predicted molar refractivity (Wildman–Crippen MR) is 116 cm³/mol. The van der Waals surface area contributed by atoms with Crippen molar-refractivity contribution >= 4 is 37.3 Å². The van der Waals surface area contributed by atoms with E-state index < -0.39 is 26.0 Å². The van der Waals surface area contributed by atoms with E-state index in [2.05, 4.69) is 14.8 Å². The fourth-order valence-electron chi connectivity index (χ4n) is 2.61. The molecule has 11 heteroatoms. The van der Waals surface area contributed by atoms with Crippen LogP contribution >= 0.6 is 0 Å². The maximum Gasteiger partial charge on any atom is 0.255 e. The highest BCUT2D eigenvalue weighted by Gasteiger charge is 2.22. The molecular weight excluding hydrogens is 430 g/mol. The molecule has 0 atom stereocenters. The van der Waals surface area contributed by atoms with Crippen LogP contribution < -0.4 is 19.5 Å². The van der Waals surface area contributed by atoms with E-state index in [1.54, 1.807) is 32.9 Å². The van der Waals surface area contributed by atoms with Crippen molar-refractivity contribution < 1.29 is 26.4 Å². The van der Waals surface area contributed by atoms with Crippen molar-refractivity contribution in [3.63, 3.8) is 0 Å². The molecule has 2 aromatic rings. The molecule has 0 heterocycles. The summed E-state index contributed by atoms with van der Waals surface area (Å²) in [5.74, 6) is -0.456. The number of carbonyl (C=O) groups is 1. The number of nitrogens with one attached hydrogen (secondary N) is 3. The largest absolute Gasteiger partial charge is 0.495 e. The third-order valence-electron chi connectivity index (χ3n) is 3.90. The van der Waals surface area contributed by atoms with Gasteiger partial charge in [-0.25, -0.2) is 21.6 Å². The van der Waals surface area contributed by atoms with Crippen LogP contribution in [0.5, 0.6) is 5.75 Å². The minimum Gasteiger partial charge on any atom is -0.495 e. The number of ether oxygens (including phenoxy) is 1. The van der Waals surface area contributed by atoms with Crippen molar-refractivity contribution in [3.8, 4) is 5.75 Å². The van der Waals surface area contributed by atoms with Crippen molar-refractivity contribution in [1.29, 1.82) is 0 Å². The van der Waals surface area contributed by atoms with Gasteiger partial charge in [-0.1, -0.05) is 6.07 Å². The molecule has 0 spiro atoms. The van der Waals surface area contributed by atoms with Gasteiger partial charge in [-0.05, 0) is 56.7 Å². The number of carbonyl (C=O) groups excluding carboxylic acids is 1. The van der Waals surface area contributed by atoms with Gasteiger partial charge in [-0.3, -0.25) is 9.52 Å². The molecule has 0 radical (unpaired) electrons. The van der Waals surface area contributed by atoms with Gasteiger partial charge in [0.15, 0.2) is 0 Å². The van der Waals surface area contributed by atoms with E-state index in [1.807, 2.05) is 0 Å². The minimum atomic E-state index is -3.90. The first kappa shape index (κ1) is 23.6. The Morgan fingerprint density at radius 2 is 1.70 bits per heavy atom. The number of aryl methyl sites for hydroxylation is 1. The van der Waals surface area contributed by atoms with Crippen molar-refractivity contribution in [1.82, 2.24) is 4.72 Å². The summed E-state index contributed by atoms with van der Waals surface area (Å²) in [6.07, 6.45) is 1.03. The Morgan fingerprint density at radius 3 is 2.27 bits per heavy atom. The van der Waals surface area contributed by atoms with Gasteiger partial charge in [-0.2, -0.15) is 0 Å². The number of hydrogen-bond donors (Lipinski definition) is 3. The number of hydrogen-bond acceptors (Lipinski definition) is 6. The molecule has 0 aliphatic rings. The van der Waals surface area contributed by atoms with E-state index in [9.17, 15) is 21.6 Å². The van der Waals surface area contributed by atoms with Crippen molar-refractivity contribution in [2.45, 2.75) is 31.7 Å². The third-order valence-corrected chi connectivity index (χ3v) is 6.17. The van der Waals surface area contributed by atoms with Gasteiger partial charge in [0.25, 0.3) is 5.91 Å². The topological polar surface area (TPSA) is 131 Å². The lowest BCUT2D eigenvalue weighted by Gasteiger charge is -2.14. The predicted octanol–water partition coefficient (Wildman–Crippen LogP) is 2.31. The van der Waals surface area contributed by atoms with E-state index in [-0.39, 0.29) is 22.3 Å². The first-order valence-electron chi connectivity index (χ1n) is 8.92. The van der Waals surface area contributed by atoms with Crippen LogP contribution in [0.3, 0.4) is 0 Å². The normalized spacial score (nSPS) is 11.9. The molecule has 3 N–H and O–H groups in total. The minimum absolute atomic E-state index is 0.0955. The highest BCUT2D eigenvalue weighted by atomic mass is 32.2. The van der Waals surface area contributed by atoms with Crippen LogP contribution in [-0.4, -0.2) is 42.2 Å². The summed E-state index contributed by atoms with van der Waals surface area (Å²) in [4.78, 5) is 12.5. The molecule has 0 aliphatic heterocycles. The van der Waals surface area contributed by atoms with E-state index in [0.29, 0.717) is 16.9 Å². The van der Waals surface area contributed by atoms with Crippen LogP contribution in [0.4, 0.5) is 11.4 Å². The molecule has 0 aliphatic carbocycles. The van der Waals surface area contributed by atoms with Crippen LogP contribution in [0.15, 0.2) is 41.3 Å². The number of methoxy groups -OCH3 is 1. The van der Waals surface area contributed by atoms with Crippen LogP contribution in [0.2, 0.25) is 0 Å². The molecular formula is C19H25N3O6S2. The van der Waals surface area contributed by atoms with Crippen LogP contribution in [0, 0.1) is 6.92 Å². The molecule has 2 rings (SSSR count). The summed E-state index contributed by atoms with van der Waals surface area (Å²) in [5, 5.41) is 2.64. The number of benzene rings is 2. The Morgan fingerprint density at radius 1 is 1.03 bits per heavy atom. The fraction of sp³-hybridized carbons (Fsp3) is 0.316. The summed E-state index contributed by atoms with van der Waals surface area (Å²) in [6, 6.07) is 8.47. The first-order chi connectivity index (χ1) is 13.8. The third kappa shape index (κ3) is 6.18. The standard InChI is InChI=1S/C19H25N3O6S2/c1-12(2)21-30(26,27)18-10-14(7-9-17(18)28-4)19(23)20-15-8-6-13(3)16(11-15)22-29(5,24)25/h6-12,21-22H,1-5H3,(H,20,23). The molecule has 0 aromatic heterocycles. The zero-order valence-electron chi connectivity index (χ0n) is 17.3. The highest BCUT2D eigenvalue weighted by Crippen LogP contribution is 2.26. The second-order valence-corrected chi connectivity index (χ2v) is 10.4. The molecule has 2 aromatic carbocycles. The lowest BCUT2D eigenvalue weighted by molar-refractivity contribution is 0.102. The SMILES string of the molecule is COc1ccc(C(=O)Nc2ccc(C)c(NS(C)(=O)=O)c2)cc1S(=O)(=O)NC(C)C. The zero-order valence-corrected chi connectivity index (χ0v) is 18.9. The molecule has 30 heavy (non-hydrogen) atoms. The average Bonchev–Trinajstić information content (AvgIpc) is 2.61. The van der Waals surface area contributed by atoms with Gasteiger partial charge in [0.2, 0.25) is 20.0 Å². The zero-order chi connectivity index (χ0) is 22.7. The lowest BCUT2D eigenvalue weighted by Crippen LogP contribution is -2.30. The Labute approximate surface area is 176 Å². The summed E-state index contributed by atoms with van der Waals surface area (Å²) in [6.45, 7) is 5.08. The Hall–Kier alpha value is -2.63. The molecule has 164 valence electrons. The van der Waals surface area contributed by atoms with E-state index in [0.717, 1.165) is 6.26 Å². The van der Waals surface area contributed by atoms with Gasteiger partial charge < -0.3 is 10.1 Å². The van der Waals surface area contributed by atoms with Gasteiger partial charge in [0.1, 0.15) is 10.6 Å². The fourth-order valence-corrected chi connectivity index (χ4v) is 4.68. The van der Waals surface area contributed by atoms with E-state index in [4.69, 9.17) is 4.74 Å². The second-order valence-electron chi connectivity index (χ2n) is 7.00. The van der Waals surface area contributed by atoms with Crippen LogP contribution in [-0.2, 0) is 20.0 Å². The van der Waals surface area contributed by atoms with Gasteiger partial charge >= 0.3 is 0 Å². The average molecular weight is 456 g/mol. The van der Waals surface area contributed by atoms with E-state index in [1.165, 1.54) is 31.4 Å². The molecule has 0 saturated carbocycles. The molecule has 0 bridgehead atoms. The molecule has 1 amide bonds. The van der Waals surface area contributed by atoms with Crippen molar-refractivity contribution in [2.75, 3.05) is 23.4 Å². The Bertz CT molecular complexity index is 1160. The summed E-state index contributed by atoms with van der Waals surface area (Å²) in [7, 11) is -6.04. The Balaban J connectivity index is 2.36. The summed E-state index contributed by atoms with van der Waals surface area (Å²) >= 11 is 0. The van der Waals surface area contributed by atoms with Crippen LogP contribution in [0.1, 0.15) is 29.8 Å². The van der Waals surface area contributed by atoms with Crippen molar-refractivity contribution in [2.24, 2.45) is 0 Å². The molecule has 0 fully saturated rings. The molecule has 9 nitrogen and oxygen atoms in total. The summed E-state index contributed by atoms with van der Waals surface area (Å²) < 4.78 is 58.1.